The predicted octanol–water partition coefficient (Wildman–Crippen LogP) is 4.17. The number of anilines is 2. The van der Waals surface area contributed by atoms with E-state index in [0.29, 0.717) is 15.6 Å². The van der Waals surface area contributed by atoms with E-state index in [4.69, 9.17) is 9.52 Å². The Morgan fingerprint density at radius 1 is 1.29 bits per heavy atom. The van der Waals surface area contributed by atoms with Gasteiger partial charge >= 0.3 is 5.97 Å². The molecule has 0 aliphatic rings. The number of aromatic carboxylic acids is 1. The molecule has 2 aromatic carbocycles. The van der Waals surface area contributed by atoms with Crippen LogP contribution in [0.4, 0.5) is 16.1 Å². The number of benzene rings is 2. The zero-order valence-electron chi connectivity index (χ0n) is 10.4. The number of oxazole rings is 1. The highest BCUT2D eigenvalue weighted by Crippen LogP contribution is 2.26. The van der Waals surface area contributed by atoms with Gasteiger partial charge in [-0.2, -0.15) is 4.98 Å². The highest BCUT2D eigenvalue weighted by Gasteiger charge is 2.11. The van der Waals surface area contributed by atoms with Crippen LogP contribution < -0.4 is 5.32 Å². The highest BCUT2D eigenvalue weighted by atomic mass is 79.9. The number of carboxylic acids is 1. The number of rotatable bonds is 3. The normalized spacial score (nSPS) is 10.8. The number of fused-ring (bicyclic) bond motifs is 1. The van der Waals surface area contributed by atoms with Crippen LogP contribution in [0.3, 0.4) is 0 Å². The van der Waals surface area contributed by atoms with Crippen molar-refractivity contribution in [1.82, 2.24) is 4.98 Å². The van der Waals surface area contributed by atoms with Gasteiger partial charge in [0.05, 0.1) is 11.3 Å². The molecular formula is C14H8BrFN2O3. The molecule has 0 amide bonds. The summed E-state index contributed by atoms with van der Waals surface area (Å²) in [7, 11) is 0. The summed E-state index contributed by atoms with van der Waals surface area (Å²) in [6.45, 7) is 0. The Morgan fingerprint density at radius 3 is 2.81 bits per heavy atom. The van der Waals surface area contributed by atoms with Crippen LogP contribution in [0.5, 0.6) is 0 Å². The van der Waals surface area contributed by atoms with Gasteiger partial charge in [0.1, 0.15) is 11.3 Å². The van der Waals surface area contributed by atoms with Crippen molar-refractivity contribution in [3.8, 4) is 0 Å². The quantitative estimate of drug-likeness (QED) is 0.741. The Morgan fingerprint density at radius 2 is 2.10 bits per heavy atom. The van der Waals surface area contributed by atoms with Gasteiger partial charge in [-0.3, -0.25) is 0 Å². The van der Waals surface area contributed by atoms with Crippen LogP contribution in [0.25, 0.3) is 11.1 Å². The Bertz CT molecular complexity index is 847. The molecule has 0 spiro atoms. The van der Waals surface area contributed by atoms with Gasteiger partial charge in [0.15, 0.2) is 5.58 Å². The van der Waals surface area contributed by atoms with Crippen molar-refractivity contribution in [2.45, 2.75) is 0 Å². The maximum Gasteiger partial charge on any atom is 0.335 e. The minimum Gasteiger partial charge on any atom is -0.478 e. The van der Waals surface area contributed by atoms with Gasteiger partial charge < -0.3 is 14.8 Å². The van der Waals surface area contributed by atoms with E-state index in [1.807, 2.05) is 0 Å². The number of nitrogens with zero attached hydrogens (tertiary/aromatic N) is 1. The average Bonchev–Trinajstić information content (AvgIpc) is 2.83. The number of aromatic nitrogens is 1. The van der Waals surface area contributed by atoms with Gasteiger partial charge in [-0.25, -0.2) is 9.18 Å². The standard InChI is InChI=1S/C14H8BrFN2O3/c15-8-2-4-10(9(16)6-8)17-14-18-11-3-1-7(13(19)20)5-12(11)21-14/h1-6H,(H,17,18)(H,19,20). The van der Waals surface area contributed by atoms with Gasteiger partial charge in [0.2, 0.25) is 0 Å². The second-order valence-electron chi connectivity index (χ2n) is 4.26. The molecule has 1 heterocycles. The molecule has 0 bridgehead atoms. The van der Waals surface area contributed by atoms with Gasteiger partial charge in [0.25, 0.3) is 6.01 Å². The van der Waals surface area contributed by atoms with Crippen LogP contribution in [0.1, 0.15) is 10.4 Å². The molecule has 0 saturated carbocycles. The molecule has 0 fully saturated rings. The summed E-state index contributed by atoms with van der Waals surface area (Å²) in [6.07, 6.45) is 0. The van der Waals surface area contributed by atoms with Gasteiger partial charge in [-0.15, -0.1) is 0 Å². The van der Waals surface area contributed by atoms with Crippen LogP contribution >= 0.6 is 15.9 Å². The fourth-order valence-corrected chi connectivity index (χ4v) is 2.15. The third-order valence-electron chi connectivity index (χ3n) is 2.81. The lowest BCUT2D eigenvalue weighted by Gasteiger charge is -2.03. The molecule has 0 radical (unpaired) electrons. The molecule has 0 aliphatic carbocycles. The zero-order chi connectivity index (χ0) is 15.0. The van der Waals surface area contributed by atoms with Gasteiger partial charge in [-0.1, -0.05) is 15.9 Å². The molecule has 0 aliphatic heterocycles. The van der Waals surface area contributed by atoms with Crippen molar-refractivity contribution >= 4 is 44.7 Å². The number of carboxylic acid groups (broad SMARTS) is 1. The first-order chi connectivity index (χ1) is 10.0. The van der Waals surface area contributed by atoms with Crippen molar-refractivity contribution in [3.63, 3.8) is 0 Å². The predicted molar refractivity (Wildman–Crippen MR) is 78.4 cm³/mol. The van der Waals surface area contributed by atoms with E-state index in [1.165, 1.54) is 30.3 Å². The second-order valence-corrected chi connectivity index (χ2v) is 5.17. The molecule has 3 aromatic rings. The summed E-state index contributed by atoms with van der Waals surface area (Å²) in [5.74, 6) is -1.51. The number of hydrogen-bond donors (Lipinski definition) is 2. The highest BCUT2D eigenvalue weighted by molar-refractivity contribution is 9.10. The van der Waals surface area contributed by atoms with E-state index in [1.54, 1.807) is 6.07 Å². The van der Waals surface area contributed by atoms with Crippen LogP contribution in [0, 0.1) is 5.82 Å². The largest absolute Gasteiger partial charge is 0.478 e. The number of nitrogens with one attached hydrogen (secondary N) is 1. The van der Waals surface area contributed by atoms with E-state index >= 15 is 0 Å². The lowest BCUT2D eigenvalue weighted by atomic mass is 10.2. The van der Waals surface area contributed by atoms with E-state index in [9.17, 15) is 9.18 Å². The maximum absolute atomic E-state index is 13.7. The Balaban J connectivity index is 1.95. The summed E-state index contributed by atoms with van der Waals surface area (Å²) in [6, 6.07) is 8.95. The van der Waals surface area contributed by atoms with E-state index < -0.39 is 11.8 Å². The number of carbonyl (C=O) groups is 1. The molecule has 5 nitrogen and oxygen atoms in total. The monoisotopic (exact) mass is 350 g/mol. The Labute approximate surface area is 126 Å². The fraction of sp³-hybridized carbons (Fsp3) is 0. The Hall–Kier alpha value is -2.41. The average molecular weight is 351 g/mol. The molecular weight excluding hydrogens is 343 g/mol. The summed E-state index contributed by atoms with van der Waals surface area (Å²) in [5, 5.41) is 11.6. The lowest BCUT2D eigenvalue weighted by Crippen LogP contribution is -1.94. The summed E-state index contributed by atoms with van der Waals surface area (Å²) >= 11 is 3.17. The van der Waals surface area contributed by atoms with E-state index in [2.05, 4.69) is 26.2 Å². The van der Waals surface area contributed by atoms with Crippen LogP contribution in [-0.4, -0.2) is 16.1 Å². The fourth-order valence-electron chi connectivity index (χ4n) is 1.82. The first kappa shape index (κ1) is 13.6. The third-order valence-corrected chi connectivity index (χ3v) is 3.30. The van der Waals surface area contributed by atoms with E-state index in [0.717, 1.165) is 0 Å². The smallest absolute Gasteiger partial charge is 0.335 e. The molecule has 2 N–H and O–H groups in total. The zero-order valence-corrected chi connectivity index (χ0v) is 12.0. The van der Waals surface area contributed by atoms with Crippen molar-refractivity contribution < 1.29 is 18.7 Å². The maximum atomic E-state index is 13.7. The number of halogens is 2. The van der Waals surface area contributed by atoms with Gasteiger partial charge in [0, 0.05) is 4.47 Å². The summed E-state index contributed by atoms with van der Waals surface area (Å²) < 4.78 is 19.7. The van der Waals surface area contributed by atoms with Crippen molar-refractivity contribution in [2.24, 2.45) is 0 Å². The SMILES string of the molecule is O=C(O)c1ccc2nc(Nc3ccc(Br)cc3F)oc2c1. The Kier molecular flexibility index (Phi) is 3.34. The van der Waals surface area contributed by atoms with Crippen LogP contribution in [0.2, 0.25) is 0 Å². The third kappa shape index (κ3) is 2.73. The molecule has 7 heteroatoms. The number of hydrogen-bond acceptors (Lipinski definition) is 4. The minimum absolute atomic E-state index is 0.0914. The van der Waals surface area contributed by atoms with Crippen molar-refractivity contribution in [2.75, 3.05) is 5.32 Å². The summed E-state index contributed by atoms with van der Waals surface area (Å²) in [4.78, 5) is 15.0. The summed E-state index contributed by atoms with van der Waals surface area (Å²) in [5.41, 5.74) is 1.11. The second kappa shape index (κ2) is 5.17. The van der Waals surface area contributed by atoms with Gasteiger partial charge in [-0.05, 0) is 36.4 Å². The molecule has 21 heavy (non-hydrogen) atoms. The molecule has 106 valence electrons. The molecule has 1 aromatic heterocycles. The lowest BCUT2D eigenvalue weighted by molar-refractivity contribution is 0.0697. The molecule has 3 rings (SSSR count). The first-order valence-corrected chi connectivity index (χ1v) is 6.68. The molecule has 0 atom stereocenters. The topological polar surface area (TPSA) is 75.4 Å². The van der Waals surface area contributed by atoms with Crippen LogP contribution in [0.15, 0.2) is 45.3 Å². The minimum atomic E-state index is -1.05. The van der Waals surface area contributed by atoms with Crippen molar-refractivity contribution in [3.05, 3.63) is 52.3 Å². The molecule has 0 saturated heterocycles. The van der Waals surface area contributed by atoms with Crippen LogP contribution in [-0.2, 0) is 0 Å². The van der Waals surface area contributed by atoms with E-state index in [-0.39, 0.29) is 17.3 Å². The molecule has 0 unspecified atom stereocenters. The van der Waals surface area contributed by atoms with Crippen molar-refractivity contribution in [1.29, 1.82) is 0 Å². The first-order valence-electron chi connectivity index (χ1n) is 5.89.